The van der Waals surface area contributed by atoms with Crippen LogP contribution in [0.25, 0.3) is 0 Å². The molecule has 6 nitrogen and oxygen atoms in total. The molecule has 4 rings (SSSR count). The van der Waals surface area contributed by atoms with Crippen molar-refractivity contribution in [1.82, 2.24) is 10.2 Å². The van der Waals surface area contributed by atoms with Crippen molar-refractivity contribution in [3.8, 4) is 5.75 Å². The van der Waals surface area contributed by atoms with Crippen molar-refractivity contribution in [2.45, 2.75) is 18.9 Å². The van der Waals surface area contributed by atoms with Crippen LogP contribution in [0.4, 0.5) is 0 Å². The Bertz CT molecular complexity index is 609. The van der Waals surface area contributed by atoms with Crippen LogP contribution in [0.5, 0.6) is 5.75 Å². The predicted molar refractivity (Wildman–Crippen MR) is 93.1 cm³/mol. The second-order valence-electron chi connectivity index (χ2n) is 6.97. The molecule has 2 atom stereocenters. The third kappa shape index (κ3) is 3.81. The van der Waals surface area contributed by atoms with Crippen LogP contribution in [0, 0.1) is 5.92 Å². The molecule has 1 aromatic carbocycles. The number of carbonyl (C=O) groups excluding carboxylic acids is 1. The van der Waals surface area contributed by atoms with E-state index in [9.17, 15) is 4.79 Å². The van der Waals surface area contributed by atoms with Gasteiger partial charge in [0, 0.05) is 50.2 Å². The number of rotatable bonds is 5. The summed E-state index contributed by atoms with van der Waals surface area (Å²) in [7, 11) is 0. The molecule has 1 N–H and O–H groups in total. The fourth-order valence-corrected chi connectivity index (χ4v) is 3.99. The van der Waals surface area contributed by atoms with E-state index in [0.717, 1.165) is 63.7 Å². The van der Waals surface area contributed by atoms with E-state index in [2.05, 4.69) is 10.2 Å². The highest BCUT2D eigenvalue weighted by molar-refractivity contribution is 5.94. The maximum absolute atomic E-state index is 12.6. The first kappa shape index (κ1) is 16.8. The van der Waals surface area contributed by atoms with Crippen LogP contribution in [-0.2, 0) is 15.9 Å². The highest BCUT2D eigenvalue weighted by Gasteiger charge is 2.31. The number of amides is 1. The first-order valence-corrected chi connectivity index (χ1v) is 9.25. The van der Waals surface area contributed by atoms with Crippen LogP contribution in [-0.4, -0.2) is 69.5 Å². The molecule has 25 heavy (non-hydrogen) atoms. The van der Waals surface area contributed by atoms with Gasteiger partial charge in [-0.25, -0.2) is 0 Å². The van der Waals surface area contributed by atoms with E-state index in [4.69, 9.17) is 14.2 Å². The molecule has 0 aromatic heterocycles. The van der Waals surface area contributed by atoms with Crippen LogP contribution < -0.4 is 10.1 Å². The fourth-order valence-electron chi connectivity index (χ4n) is 3.99. The van der Waals surface area contributed by atoms with Gasteiger partial charge in [-0.3, -0.25) is 9.69 Å². The van der Waals surface area contributed by atoms with Crippen LogP contribution in [0.1, 0.15) is 22.3 Å². The molecule has 136 valence electrons. The lowest BCUT2D eigenvalue weighted by molar-refractivity contribution is 0.00166. The number of nitrogens with zero attached hydrogens (tertiary/aromatic N) is 1. The summed E-state index contributed by atoms with van der Waals surface area (Å²) < 4.78 is 16.6. The van der Waals surface area contributed by atoms with Gasteiger partial charge in [0.15, 0.2) is 0 Å². The normalized spacial score (nSPS) is 24.6. The number of fused-ring (bicyclic) bond motifs is 1. The average molecular weight is 346 g/mol. The van der Waals surface area contributed by atoms with Crippen molar-refractivity contribution in [1.29, 1.82) is 0 Å². The molecule has 2 fully saturated rings. The van der Waals surface area contributed by atoms with Gasteiger partial charge in [-0.05, 0) is 30.2 Å². The monoisotopic (exact) mass is 346 g/mol. The van der Waals surface area contributed by atoms with Crippen LogP contribution in [0.2, 0.25) is 0 Å². The Hall–Kier alpha value is -1.63. The van der Waals surface area contributed by atoms with Gasteiger partial charge in [-0.2, -0.15) is 0 Å². The maximum atomic E-state index is 12.6. The molecule has 3 aliphatic heterocycles. The fraction of sp³-hybridized carbons (Fsp3) is 0.632. The number of hydrogen-bond acceptors (Lipinski definition) is 5. The molecule has 3 heterocycles. The molecule has 1 amide bonds. The van der Waals surface area contributed by atoms with Gasteiger partial charge >= 0.3 is 0 Å². The average Bonchev–Trinajstić information content (AvgIpc) is 3.34. The Morgan fingerprint density at radius 3 is 2.88 bits per heavy atom. The first-order chi connectivity index (χ1) is 12.3. The van der Waals surface area contributed by atoms with E-state index < -0.39 is 0 Å². The minimum atomic E-state index is -0.00752. The number of benzene rings is 1. The predicted octanol–water partition coefficient (Wildman–Crippen LogP) is 1.09. The standard InChI is InChI=1S/C19H26N2O4/c22-19(15-1-2-18-14(11-15)4-8-25-18)20-12-17(16-3-7-24-13-16)21-5-9-23-10-6-21/h1-2,11,16-17H,3-10,12-13H2,(H,20,22)/t16-,17-/m0/s1. The van der Waals surface area contributed by atoms with E-state index in [1.54, 1.807) is 0 Å². The van der Waals surface area contributed by atoms with Crippen LogP contribution >= 0.6 is 0 Å². The van der Waals surface area contributed by atoms with Gasteiger partial charge in [-0.1, -0.05) is 0 Å². The van der Waals surface area contributed by atoms with E-state index in [-0.39, 0.29) is 5.91 Å². The van der Waals surface area contributed by atoms with Gasteiger partial charge in [0.2, 0.25) is 0 Å². The van der Waals surface area contributed by atoms with Gasteiger partial charge in [0.25, 0.3) is 5.91 Å². The molecule has 0 radical (unpaired) electrons. The van der Waals surface area contributed by atoms with Crippen molar-refractivity contribution >= 4 is 5.91 Å². The summed E-state index contributed by atoms with van der Waals surface area (Å²) in [6, 6.07) is 6.02. The molecule has 0 unspecified atom stereocenters. The van der Waals surface area contributed by atoms with E-state index >= 15 is 0 Å². The third-order valence-corrected chi connectivity index (χ3v) is 5.45. The largest absolute Gasteiger partial charge is 0.493 e. The summed E-state index contributed by atoms with van der Waals surface area (Å²) in [6.07, 6.45) is 1.94. The zero-order valence-corrected chi connectivity index (χ0v) is 14.5. The molecule has 0 spiro atoms. The molecule has 0 saturated carbocycles. The molecule has 3 aliphatic rings. The number of morpholine rings is 1. The summed E-state index contributed by atoms with van der Waals surface area (Å²) in [5.74, 6) is 1.38. The maximum Gasteiger partial charge on any atom is 0.251 e. The lowest BCUT2D eigenvalue weighted by atomic mass is 9.96. The number of hydrogen-bond donors (Lipinski definition) is 1. The van der Waals surface area contributed by atoms with Gasteiger partial charge in [-0.15, -0.1) is 0 Å². The van der Waals surface area contributed by atoms with Crippen molar-refractivity contribution < 1.29 is 19.0 Å². The van der Waals surface area contributed by atoms with Crippen molar-refractivity contribution in [3.63, 3.8) is 0 Å². The summed E-state index contributed by atoms with van der Waals surface area (Å²) in [6.45, 7) is 6.35. The lowest BCUT2D eigenvalue weighted by Crippen LogP contribution is -2.52. The number of ether oxygens (including phenoxy) is 3. The Morgan fingerprint density at radius 1 is 1.20 bits per heavy atom. The smallest absolute Gasteiger partial charge is 0.251 e. The summed E-state index contributed by atoms with van der Waals surface area (Å²) in [5, 5.41) is 3.15. The van der Waals surface area contributed by atoms with Gasteiger partial charge in [0.1, 0.15) is 5.75 Å². The molecular weight excluding hydrogens is 320 g/mol. The Labute approximate surface area is 148 Å². The molecular formula is C19H26N2O4. The van der Waals surface area contributed by atoms with Crippen LogP contribution in [0.15, 0.2) is 18.2 Å². The van der Waals surface area contributed by atoms with Gasteiger partial charge in [0.05, 0.1) is 26.4 Å². The topological polar surface area (TPSA) is 60.0 Å². The third-order valence-electron chi connectivity index (χ3n) is 5.45. The van der Waals surface area contributed by atoms with E-state index in [1.807, 2.05) is 18.2 Å². The molecule has 1 aromatic rings. The van der Waals surface area contributed by atoms with Crippen molar-refractivity contribution in [3.05, 3.63) is 29.3 Å². The summed E-state index contributed by atoms with van der Waals surface area (Å²) >= 11 is 0. The second kappa shape index (κ2) is 7.72. The van der Waals surface area contributed by atoms with Crippen LogP contribution in [0.3, 0.4) is 0 Å². The lowest BCUT2D eigenvalue weighted by Gasteiger charge is -2.37. The minimum absolute atomic E-state index is 0.00752. The zero-order valence-electron chi connectivity index (χ0n) is 14.5. The Balaban J connectivity index is 1.40. The first-order valence-electron chi connectivity index (χ1n) is 9.25. The summed E-state index contributed by atoms with van der Waals surface area (Å²) in [5.41, 5.74) is 1.84. The highest BCUT2D eigenvalue weighted by atomic mass is 16.5. The SMILES string of the molecule is O=C(NC[C@@H]([C@H]1CCOC1)N1CCOCC1)c1ccc2c(c1)CCO2. The molecule has 2 saturated heterocycles. The molecule has 0 aliphatic carbocycles. The Morgan fingerprint density at radius 2 is 2.08 bits per heavy atom. The molecule has 0 bridgehead atoms. The van der Waals surface area contributed by atoms with Crippen molar-refractivity contribution in [2.24, 2.45) is 5.92 Å². The zero-order chi connectivity index (χ0) is 17.1. The molecule has 6 heteroatoms. The van der Waals surface area contributed by atoms with Crippen molar-refractivity contribution in [2.75, 3.05) is 52.7 Å². The quantitative estimate of drug-likeness (QED) is 0.865. The highest BCUT2D eigenvalue weighted by Crippen LogP contribution is 2.26. The summed E-state index contributed by atoms with van der Waals surface area (Å²) in [4.78, 5) is 15.1. The Kier molecular flexibility index (Phi) is 5.20. The minimum Gasteiger partial charge on any atom is -0.493 e. The number of carbonyl (C=O) groups is 1. The van der Waals surface area contributed by atoms with Gasteiger partial charge < -0.3 is 19.5 Å². The number of nitrogens with one attached hydrogen (secondary N) is 1. The van der Waals surface area contributed by atoms with E-state index in [0.29, 0.717) is 30.7 Å². The van der Waals surface area contributed by atoms with E-state index in [1.165, 1.54) is 0 Å². The second-order valence-corrected chi connectivity index (χ2v) is 6.97.